The fourth-order valence-corrected chi connectivity index (χ4v) is 3.63. The first kappa shape index (κ1) is 20.2. The van der Waals surface area contributed by atoms with Gasteiger partial charge in [-0.2, -0.15) is 0 Å². The van der Waals surface area contributed by atoms with E-state index in [-0.39, 0.29) is 27.9 Å². The van der Waals surface area contributed by atoms with Crippen LogP contribution in [0.1, 0.15) is 11.1 Å². The van der Waals surface area contributed by atoms with Crippen molar-refractivity contribution in [2.75, 3.05) is 0 Å². The van der Waals surface area contributed by atoms with Crippen LogP contribution in [-0.4, -0.2) is 10.2 Å². The molecule has 0 saturated heterocycles. The molecule has 33 heavy (non-hydrogen) atoms. The molecule has 0 aliphatic rings. The van der Waals surface area contributed by atoms with Crippen molar-refractivity contribution in [1.82, 2.24) is 0 Å². The molecular formula is C29H18O4. The van der Waals surface area contributed by atoms with Crippen LogP contribution in [0.5, 0.6) is 11.5 Å². The Balaban J connectivity index is 1.39. The molecule has 0 bridgehead atoms. The van der Waals surface area contributed by atoms with Crippen molar-refractivity contribution in [2.24, 2.45) is 0 Å². The zero-order valence-electron chi connectivity index (χ0n) is 17.4. The van der Waals surface area contributed by atoms with Gasteiger partial charge >= 0.3 is 0 Å². The molecule has 5 rings (SSSR count). The van der Waals surface area contributed by atoms with E-state index in [9.17, 15) is 15.0 Å². The van der Waals surface area contributed by atoms with Gasteiger partial charge in [0.2, 0.25) is 0 Å². The van der Waals surface area contributed by atoms with E-state index in [0.29, 0.717) is 11.3 Å². The summed E-state index contributed by atoms with van der Waals surface area (Å²) < 4.78 is 5.75. The minimum Gasteiger partial charge on any atom is -0.508 e. The second-order valence-corrected chi connectivity index (χ2v) is 7.58. The predicted octanol–water partition coefficient (Wildman–Crippen LogP) is 5.94. The monoisotopic (exact) mass is 430 g/mol. The number of hydrogen-bond acceptors (Lipinski definition) is 4. The lowest BCUT2D eigenvalue weighted by molar-refractivity contribution is 0.452. The largest absolute Gasteiger partial charge is 0.508 e. The van der Waals surface area contributed by atoms with Gasteiger partial charge in [-0.05, 0) is 47.5 Å². The molecular weight excluding hydrogens is 412 g/mol. The highest BCUT2D eigenvalue weighted by atomic mass is 16.3. The molecule has 0 amide bonds. The highest BCUT2D eigenvalue weighted by Gasteiger charge is 2.12. The average Bonchev–Trinajstić information content (AvgIpc) is 2.83. The smallest absolute Gasteiger partial charge is 0.197 e. The van der Waals surface area contributed by atoms with Gasteiger partial charge in [-0.15, -0.1) is 0 Å². The van der Waals surface area contributed by atoms with Crippen molar-refractivity contribution in [2.45, 2.75) is 0 Å². The van der Waals surface area contributed by atoms with Crippen LogP contribution in [0.2, 0.25) is 0 Å². The molecule has 2 N–H and O–H groups in total. The molecule has 4 nitrogen and oxygen atoms in total. The molecule has 1 heterocycles. The Hall–Kier alpha value is -4.75. The van der Waals surface area contributed by atoms with Crippen molar-refractivity contribution in [3.8, 4) is 45.8 Å². The minimum absolute atomic E-state index is 0.0392. The number of rotatable bonds is 2. The summed E-state index contributed by atoms with van der Waals surface area (Å²) in [5.41, 5.74) is 4.48. The summed E-state index contributed by atoms with van der Waals surface area (Å²) in [5.74, 6) is 6.16. The number of hydrogen-bond donors (Lipinski definition) is 2. The third-order valence-electron chi connectivity index (χ3n) is 5.31. The Morgan fingerprint density at radius 3 is 1.85 bits per heavy atom. The quantitative estimate of drug-likeness (QED) is 0.340. The lowest BCUT2D eigenvalue weighted by Gasteiger charge is -2.05. The topological polar surface area (TPSA) is 70.7 Å². The number of benzene rings is 4. The van der Waals surface area contributed by atoms with Crippen LogP contribution in [0, 0.1) is 11.8 Å². The summed E-state index contributed by atoms with van der Waals surface area (Å²) in [4.78, 5) is 12.4. The van der Waals surface area contributed by atoms with Crippen molar-refractivity contribution in [3.05, 3.63) is 118 Å². The van der Waals surface area contributed by atoms with Crippen LogP contribution >= 0.6 is 0 Å². The number of aromatic hydroxyl groups is 2. The van der Waals surface area contributed by atoms with E-state index >= 15 is 0 Å². The van der Waals surface area contributed by atoms with E-state index in [1.165, 1.54) is 17.7 Å². The van der Waals surface area contributed by atoms with Crippen molar-refractivity contribution < 1.29 is 14.6 Å². The molecule has 0 spiro atoms. The first-order chi connectivity index (χ1) is 16.1. The van der Waals surface area contributed by atoms with Gasteiger partial charge in [-0.3, -0.25) is 4.79 Å². The molecule has 0 unspecified atom stereocenters. The lowest BCUT2D eigenvalue weighted by Crippen LogP contribution is -2.00. The summed E-state index contributed by atoms with van der Waals surface area (Å²) >= 11 is 0. The predicted molar refractivity (Wildman–Crippen MR) is 129 cm³/mol. The molecule has 0 aliphatic heterocycles. The van der Waals surface area contributed by atoms with Gasteiger partial charge in [0.25, 0.3) is 0 Å². The second-order valence-electron chi connectivity index (χ2n) is 7.58. The van der Waals surface area contributed by atoms with Gasteiger partial charge in [0.15, 0.2) is 5.43 Å². The first-order valence-corrected chi connectivity index (χ1v) is 10.3. The van der Waals surface area contributed by atoms with Crippen LogP contribution in [-0.2, 0) is 0 Å². The van der Waals surface area contributed by atoms with Gasteiger partial charge in [0.05, 0.1) is 0 Å². The third-order valence-corrected chi connectivity index (χ3v) is 5.31. The zero-order valence-corrected chi connectivity index (χ0v) is 17.4. The fraction of sp³-hybridized carbons (Fsp3) is 0. The molecule has 5 aromatic rings. The van der Waals surface area contributed by atoms with Gasteiger partial charge in [-0.25, -0.2) is 0 Å². The maximum Gasteiger partial charge on any atom is 0.197 e. The summed E-state index contributed by atoms with van der Waals surface area (Å²) in [5, 5.41) is 19.6. The fourth-order valence-electron chi connectivity index (χ4n) is 3.63. The zero-order chi connectivity index (χ0) is 22.8. The normalized spacial score (nSPS) is 10.5. The highest BCUT2D eigenvalue weighted by Crippen LogP contribution is 2.30. The molecule has 0 saturated carbocycles. The molecule has 4 heteroatoms. The standard InChI is InChI=1S/C29H18O4/c30-24-16-25(31)29-26(32)18-27(33-28(29)17-24)23-14-10-20(11-15-23)7-6-19-8-12-22(13-9-19)21-4-2-1-3-5-21/h1-5,8-18,30-31H. The lowest BCUT2D eigenvalue weighted by atomic mass is 10.0. The maximum absolute atomic E-state index is 12.4. The van der Waals surface area contributed by atoms with Gasteiger partial charge in [0.1, 0.15) is 28.2 Å². The molecule has 0 fully saturated rings. The van der Waals surface area contributed by atoms with E-state index in [0.717, 1.165) is 22.8 Å². The van der Waals surface area contributed by atoms with Crippen LogP contribution in [0.3, 0.4) is 0 Å². The molecule has 4 aromatic carbocycles. The molecule has 158 valence electrons. The van der Waals surface area contributed by atoms with Gasteiger partial charge < -0.3 is 14.6 Å². The minimum atomic E-state index is -0.383. The van der Waals surface area contributed by atoms with Gasteiger partial charge in [0, 0.05) is 34.9 Å². The Labute approximate surface area is 190 Å². The molecule has 0 atom stereocenters. The van der Waals surface area contributed by atoms with Crippen molar-refractivity contribution in [1.29, 1.82) is 0 Å². The van der Waals surface area contributed by atoms with Crippen LogP contribution in [0.15, 0.2) is 106 Å². The number of fused-ring (bicyclic) bond motifs is 1. The van der Waals surface area contributed by atoms with Crippen molar-refractivity contribution in [3.63, 3.8) is 0 Å². The summed E-state index contributed by atoms with van der Waals surface area (Å²) in [7, 11) is 0. The van der Waals surface area contributed by atoms with E-state index in [1.807, 2.05) is 54.6 Å². The Morgan fingerprint density at radius 2 is 1.21 bits per heavy atom. The molecule has 0 aliphatic carbocycles. The first-order valence-electron chi connectivity index (χ1n) is 10.3. The third kappa shape index (κ3) is 4.21. The Morgan fingerprint density at radius 1 is 0.636 bits per heavy atom. The summed E-state index contributed by atoms with van der Waals surface area (Å²) in [6.07, 6.45) is 0. The summed E-state index contributed by atoms with van der Waals surface area (Å²) in [6.45, 7) is 0. The van der Waals surface area contributed by atoms with E-state index in [4.69, 9.17) is 4.42 Å². The van der Waals surface area contributed by atoms with E-state index in [1.54, 1.807) is 0 Å². The maximum atomic E-state index is 12.4. The van der Waals surface area contributed by atoms with E-state index < -0.39 is 0 Å². The highest BCUT2D eigenvalue weighted by molar-refractivity contribution is 5.86. The Kier molecular flexibility index (Phi) is 5.14. The van der Waals surface area contributed by atoms with Crippen molar-refractivity contribution >= 4 is 11.0 Å². The number of phenols is 2. The van der Waals surface area contributed by atoms with Crippen LogP contribution in [0.25, 0.3) is 33.4 Å². The number of phenolic OH excluding ortho intramolecular Hbond substituents is 2. The molecule has 1 aromatic heterocycles. The van der Waals surface area contributed by atoms with Crippen LogP contribution in [0.4, 0.5) is 0 Å². The van der Waals surface area contributed by atoms with E-state index in [2.05, 4.69) is 36.1 Å². The Bertz CT molecular complexity index is 1570. The summed E-state index contributed by atoms with van der Waals surface area (Å²) in [6, 6.07) is 29.4. The SMILES string of the molecule is O=c1cc(-c2ccc(C#Cc3ccc(-c4ccccc4)cc3)cc2)oc2cc(O)cc(O)c12. The average molecular weight is 430 g/mol. The second kappa shape index (κ2) is 8.41. The molecule has 0 radical (unpaired) electrons. The van der Waals surface area contributed by atoms with Crippen LogP contribution < -0.4 is 5.43 Å². The van der Waals surface area contributed by atoms with Gasteiger partial charge in [-0.1, -0.05) is 54.3 Å².